The van der Waals surface area contributed by atoms with Gasteiger partial charge in [-0.1, -0.05) is 65.0 Å². The number of carbonyl (C=O) groups excluding carboxylic acids is 2. The number of rotatable bonds is 10. The van der Waals surface area contributed by atoms with Crippen LogP contribution in [-0.2, 0) is 21.5 Å². The molecule has 0 heterocycles. The Morgan fingerprint density at radius 2 is 1.76 bits per heavy atom. The molecule has 5 nitrogen and oxygen atoms in total. The third-order valence-electron chi connectivity index (χ3n) is 6.14. The van der Waals surface area contributed by atoms with E-state index in [1.807, 2.05) is 70.2 Å². The maximum absolute atomic E-state index is 13.4. The van der Waals surface area contributed by atoms with Gasteiger partial charge in [-0.05, 0) is 76.9 Å². The second kappa shape index (κ2) is 12.4. The number of halogens is 1. The highest BCUT2D eigenvalue weighted by molar-refractivity contribution is 9.10. The molecule has 186 valence electrons. The van der Waals surface area contributed by atoms with Crippen LogP contribution in [0, 0.1) is 6.92 Å². The lowest BCUT2D eigenvalue weighted by Crippen LogP contribution is -2.51. The minimum Gasteiger partial charge on any atom is -0.483 e. The van der Waals surface area contributed by atoms with Gasteiger partial charge in [0.05, 0.1) is 4.47 Å². The normalized spacial score (nSPS) is 13.2. The first-order valence-electron chi connectivity index (χ1n) is 12.0. The topological polar surface area (TPSA) is 58.6 Å². The van der Waals surface area contributed by atoms with Gasteiger partial charge in [-0.15, -0.1) is 0 Å². The highest BCUT2D eigenvalue weighted by Crippen LogP contribution is 2.31. The highest BCUT2D eigenvalue weighted by atomic mass is 79.9. The molecule has 2 amide bonds. The molecule has 0 radical (unpaired) electrons. The Kier molecular flexibility index (Phi) is 10.2. The van der Waals surface area contributed by atoms with E-state index in [1.165, 1.54) is 5.56 Å². The predicted molar refractivity (Wildman–Crippen MR) is 142 cm³/mol. The molecule has 0 bridgehead atoms. The maximum atomic E-state index is 13.4. The zero-order valence-electron chi connectivity index (χ0n) is 21.6. The molecule has 0 fully saturated rings. The van der Waals surface area contributed by atoms with Crippen LogP contribution in [0.25, 0.3) is 0 Å². The fourth-order valence-corrected chi connectivity index (χ4v) is 4.13. The van der Waals surface area contributed by atoms with Gasteiger partial charge in [-0.25, -0.2) is 0 Å². The third-order valence-corrected chi connectivity index (χ3v) is 6.76. The number of benzene rings is 2. The summed E-state index contributed by atoms with van der Waals surface area (Å²) in [7, 11) is 0. The summed E-state index contributed by atoms with van der Waals surface area (Å²) in [5, 5.41) is 3.04. The molecule has 0 unspecified atom stereocenters. The highest BCUT2D eigenvalue weighted by Gasteiger charge is 2.30. The van der Waals surface area contributed by atoms with Gasteiger partial charge in [0.2, 0.25) is 5.91 Å². The zero-order valence-corrected chi connectivity index (χ0v) is 23.2. The SMILES string of the molecule is CC[C@H](C)NC(=O)[C@H](CC)N(Cc1ccccc1C)C(=O)COc1ccc(C(C)(C)C)cc1Br. The summed E-state index contributed by atoms with van der Waals surface area (Å²) in [4.78, 5) is 28.2. The molecule has 0 aliphatic rings. The lowest BCUT2D eigenvalue weighted by molar-refractivity contribution is -0.143. The van der Waals surface area contributed by atoms with E-state index < -0.39 is 6.04 Å². The van der Waals surface area contributed by atoms with Crippen molar-refractivity contribution in [3.63, 3.8) is 0 Å². The lowest BCUT2D eigenvalue weighted by Gasteiger charge is -2.32. The van der Waals surface area contributed by atoms with Crippen molar-refractivity contribution >= 4 is 27.7 Å². The average Bonchev–Trinajstić information content (AvgIpc) is 2.78. The molecule has 2 aromatic carbocycles. The molecular formula is C28H39BrN2O3. The van der Waals surface area contributed by atoms with Gasteiger partial charge in [0.15, 0.2) is 6.61 Å². The van der Waals surface area contributed by atoms with Crippen LogP contribution in [0.15, 0.2) is 46.9 Å². The van der Waals surface area contributed by atoms with Crippen LogP contribution in [0.5, 0.6) is 5.75 Å². The van der Waals surface area contributed by atoms with Crippen molar-refractivity contribution in [3.05, 3.63) is 63.6 Å². The Balaban J connectivity index is 2.26. The molecule has 0 spiro atoms. The molecule has 0 aliphatic heterocycles. The predicted octanol–water partition coefficient (Wildman–Crippen LogP) is 6.16. The molecule has 2 aromatic rings. The first kappa shape index (κ1) is 27.9. The van der Waals surface area contributed by atoms with Crippen molar-refractivity contribution < 1.29 is 14.3 Å². The van der Waals surface area contributed by atoms with Gasteiger partial charge < -0.3 is 15.0 Å². The first-order valence-corrected chi connectivity index (χ1v) is 12.8. The number of hydrogen-bond donors (Lipinski definition) is 1. The summed E-state index contributed by atoms with van der Waals surface area (Å²) < 4.78 is 6.73. The van der Waals surface area contributed by atoms with Gasteiger partial charge in [-0.3, -0.25) is 9.59 Å². The van der Waals surface area contributed by atoms with Crippen molar-refractivity contribution in [1.29, 1.82) is 0 Å². The monoisotopic (exact) mass is 530 g/mol. The maximum Gasteiger partial charge on any atom is 0.261 e. The summed E-state index contributed by atoms with van der Waals surface area (Å²) in [6, 6.07) is 13.3. The van der Waals surface area contributed by atoms with Crippen molar-refractivity contribution in [3.8, 4) is 5.75 Å². The number of carbonyl (C=O) groups is 2. The van der Waals surface area contributed by atoms with E-state index in [2.05, 4.69) is 42.0 Å². The number of ether oxygens (including phenoxy) is 1. The minimum atomic E-state index is -0.573. The smallest absolute Gasteiger partial charge is 0.261 e. The Morgan fingerprint density at radius 3 is 2.32 bits per heavy atom. The second-order valence-corrected chi connectivity index (χ2v) is 10.7. The Bertz CT molecular complexity index is 984. The van der Waals surface area contributed by atoms with Gasteiger partial charge in [-0.2, -0.15) is 0 Å². The Morgan fingerprint density at radius 1 is 1.09 bits per heavy atom. The van der Waals surface area contributed by atoms with Crippen LogP contribution in [-0.4, -0.2) is 35.4 Å². The number of amides is 2. The summed E-state index contributed by atoms with van der Waals surface area (Å²) in [6.45, 7) is 14.6. The molecule has 0 aromatic heterocycles. The average molecular weight is 532 g/mol. The van der Waals surface area contributed by atoms with Crippen LogP contribution >= 0.6 is 15.9 Å². The summed E-state index contributed by atoms with van der Waals surface area (Å²) in [5.41, 5.74) is 3.28. The molecule has 2 rings (SSSR count). The number of hydrogen-bond acceptors (Lipinski definition) is 3. The standard InChI is InChI=1S/C28H39BrN2O3/c1-8-20(4)30-27(33)24(9-2)31(17-21-13-11-10-12-19(21)3)26(32)18-34-25-15-14-22(16-23(25)29)28(5,6)7/h10-16,20,24H,8-9,17-18H2,1-7H3,(H,30,33)/t20-,24-/m0/s1. The van der Waals surface area contributed by atoms with Crippen molar-refractivity contribution in [2.45, 2.75) is 85.4 Å². The molecule has 2 atom stereocenters. The fraction of sp³-hybridized carbons (Fsp3) is 0.500. The lowest BCUT2D eigenvalue weighted by atomic mass is 9.87. The molecular weight excluding hydrogens is 492 g/mol. The Labute approximate surface area is 213 Å². The second-order valence-electron chi connectivity index (χ2n) is 9.87. The van der Waals surface area contributed by atoms with Crippen molar-refractivity contribution in [2.75, 3.05) is 6.61 Å². The molecule has 0 aliphatic carbocycles. The van der Waals surface area contributed by atoms with Crippen LogP contribution in [0.1, 0.15) is 71.1 Å². The summed E-state index contributed by atoms with van der Waals surface area (Å²) in [5.74, 6) is 0.255. The number of nitrogens with zero attached hydrogens (tertiary/aromatic N) is 1. The third kappa shape index (κ3) is 7.59. The van der Waals surface area contributed by atoms with Crippen molar-refractivity contribution in [2.24, 2.45) is 0 Å². The first-order chi connectivity index (χ1) is 16.0. The summed E-state index contributed by atoms with van der Waals surface area (Å²) >= 11 is 3.58. The molecule has 34 heavy (non-hydrogen) atoms. The molecule has 1 N–H and O–H groups in total. The van der Waals surface area contributed by atoms with E-state index in [-0.39, 0.29) is 29.9 Å². The quantitative estimate of drug-likeness (QED) is 0.400. The van der Waals surface area contributed by atoms with E-state index >= 15 is 0 Å². The van der Waals surface area contributed by atoms with Crippen molar-refractivity contribution in [1.82, 2.24) is 10.2 Å². The molecule has 0 saturated carbocycles. The van der Waals surface area contributed by atoms with E-state index in [9.17, 15) is 9.59 Å². The zero-order chi connectivity index (χ0) is 25.5. The van der Waals surface area contributed by atoms with Crippen LogP contribution < -0.4 is 10.1 Å². The minimum absolute atomic E-state index is 0.0124. The van der Waals surface area contributed by atoms with E-state index in [0.717, 1.165) is 22.0 Å². The number of nitrogens with one attached hydrogen (secondary N) is 1. The largest absolute Gasteiger partial charge is 0.483 e. The van der Waals surface area contributed by atoms with Gasteiger partial charge in [0.25, 0.3) is 5.91 Å². The van der Waals surface area contributed by atoms with Crippen LogP contribution in [0.2, 0.25) is 0 Å². The number of aryl methyl sites for hydroxylation is 1. The molecule has 0 saturated heterocycles. The van der Waals surface area contributed by atoms with Crippen LogP contribution in [0.3, 0.4) is 0 Å². The van der Waals surface area contributed by atoms with E-state index in [1.54, 1.807) is 4.90 Å². The van der Waals surface area contributed by atoms with Gasteiger partial charge >= 0.3 is 0 Å². The van der Waals surface area contributed by atoms with Gasteiger partial charge in [0.1, 0.15) is 11.8 Å². The fourth-order valence-electron chi connectivity index (χ4n) is 3.64. The Hall–Kier alpha value is -2.34. The molecule has 6 heteroatoms. The summed E-state index contributed by atoms with van der Waals surface area (Å²) in [6.07, 6.45) is 1.35. The van der Waals surface area contributed by atoms with Gasteiger partial charge in [0, 0.05) is 12.6 Å². The van der Waals surface area contributed by atoms with E-state index in [4.69, 9.17) is 4.74 Å². The van der Waals surface area contributed by atoms with Crippen LogP contribution in [0.4, 0.5) is 0 Å². The van der Waals surface area contributed by atoms with E-state index in [0.29, 0.717) is 18.7 Å².